The number of hydrogen-bond acceptors (Lipinski definition) is 5. The molecule has 0 spiro atoms. The van der Waals surface area contributed by atoms with E-state index in [1.807, 2.05) is 0 Å². The van der Waals surface area contributed by atoms with Crippen LogP contribution in [0.15, 0.2) is 30.5 Å². The third kappa shape index (κ3) is 4.20. The summed E-state index contributed by atoms with van der Waals surface area (Å²) in [5.74, 6) is -1.48. The highest BCUT2D eigenvalue weighted by Gasteiger charge is 2.22. The average molecular weight is 350 g/mol. The number of nitrogens with one attached hydrogen (secondary N) is 2. The number of esters is 1. The van der Waals surface area contributed by atoms with Gasteiger partial charge in [-0.1, -0.05) is 17.7 Å². The fraction of sp³-hybridized carbons (Fsp3) is 0.250. The molecule has 0 fully saturated rings. The normalized spacial score (nSPS) is 11.6. The van der Waals surface area contributed by atoms with Crippen LogP contribution in [0.25, 0.3) is 10.9 Å². The van der Waals surface area contributed by atoms with Crippen molar-refractivity contribution in [1.29, 1.82) is 0 Å². The molecule has 8 heteroatoms. The zero-order valence-electron chi connectivity index (χ0n) is 13.1. The first kappa shape index (κ1) is 17.7. The maximum atomic E-state index is 12.3. The Bertz CT molecular complexity index is 794. The molecule has 2 N–H and O–H groups in total. The van der Waals surface area contributed by atoms with Crippen LogP contribution in [0.2, 0.25) is 5.02 Å². The molecular weight excluding hydrogens is 334 g/mol. The molecule has 126 valence electrons. The molecule has 0 aliphatic heterocycles. The van der Waals surface area contributed by atoms with Gasteiger partial charge in [-0.25, -0.2) is 9.59 Å². The van der Waals surface area contributed by atoms with E-state index < -0.39 is 24.0 Å². The number of carbonyl (C=O) groups excluding carboxylic acids is 3. The smallest absolute Gasteiger partial charge is 0.341 e. The van der Waals surface area contributed by atoms with Crippen LogP contribution in [0.4, 0.5) is 4.79 Å². The summed E-state index contributed by atoms with van der Waals surface area (Å²) in [6.45, 7) is 3.45. The van der Waals surface area contributed by atoms with Crippen LogP contribution >= 0.6 is 11.6 Å². The summed E-state index contributed by atoms with van der Waals surface area (Å²) in [6, 6.07) is 5.92. The van der Waals surface area contributed by atoms with E-state index in [9.17, 15) is 14.4 Å². The Kier molecular flexibility index (Phi) is 5.70. The molecule has 0 aliphatic carbocycles. The Morgan fingerprint density at radius 2 is 2.08 bits per heavy atom. The minimum Gasteiger partial charge on any atom is -0.449 e. The number of urea groups is 1. The Hall–Kier alpha value is -2.67. The molecule has 3 amide bonds. The molecule has 0 saturated carbocycles. The van der Waals surface area contributed by atoms with Gasteiger partial charge in [0.2, 0.25) is 0 Å². The van der Waals surface area contributed by atoms with Gasteiger partial charge in [0.05, 0.1) is 11.1 Å². The van der Waals surface area contributed by atoms with Crippen molar-refractivity contribution in [2.75, 3.05) is 6.54 Å². The minimum absolute atomic E-state index is 0.149. The van der Waals surface area contributed by atoms with Crippen molar-refractivity contribution < 1.29 is 19.1 Å². The lowest BCUT2D eigenvalue weighted by molar-refractivity contribution is -0.127. The molecule has 2 aromatic rings. The molecule has 0 bridgehead atoms. The molecule has 7 nitrogen and oxygen atoms in total. The van der Waals surface area contributed by atoms with Crippen LogP contribution in [0.3, 0.4) is 0 Å². The molecule has 1 heterocycles. The van der Waals surface area contributed by atoms with E-state index in [4.69, 9.17) is 16.3 Å². The maximum absolute atomic E-state index is 12.3. The number of hydrogen-bond donors (Lipinski definition) is 2. The number of amides is 3. The number of pyridine rings is 1. The van der Waals surface area contributed by atoms with Gasteiger partial charge in [-0.3, -0.25) is 15.1 Å². The zero-order valence-corrected chi connectivity index (χ0v) is 13.9. The molecule has 0 unspecified atom stereocenters. The predicted octanol–water partition coefficient (Wildman–Crippen LogP) is 2.28. The Balaban J connectivity index is 2.15. The summed E-state index contributed by atoms with van der Waals surface area (Å²) < 4.78 is 5.11. The number of halogens is 1. The van der Waals surface area contributed by atoms with E-state index in [-0.39, 0.29) is 5.56 Å². The number of fused-ring (bicyclic) bond motifs is 1. The number of benzene rings is 1. The van der Waals surface area contributed by atoms with Gasteiger partial charge in [0, 0.05) is 23.2 Å². The van der Waals surface area contributed by atoms with Crippen molar-refractivity contribution in [2.24, 2.45) is 0 Å². The highest BCUT2D eigenvalue weighted by atomic mass is 35.5. The van der Waals surface area contributed by atoms with Crippen LogP contribution in [0.1, 0.15) is 24.2 Å². The van der Waals surface area contributed by atoms with E-state index in [2.05, 4.69) is 15.6 Å². The average Bonchev–Trinajstić information content (AvgIpc) is 2.53. The Morgan fingerprint density at radius 1 is 1.33 bits per heavy atom. The maximum Gasteiger partial charge on any atom is 0.341 e. The molecule has 1 atom stereocenters. The largest absolute Gasteiger partial charge is 0.449 e. The monoisotopic (exact) mass is 349 g/mol. The van der Waals surface area contributed by atoms with E-state index in [1.165, 1.54) is 19.2 Å². The molecule has 0 aliphatic rings. The third-order valence-corrected chi connectivity index (χ3v) is 3.33. The van der Waals surface area contributed by atoms with Gasteiger partial charge in [0.25, 0.3) is 5.91 Å². The Labute approximate surface area is 143 Å². The van der Waals surface area contributed by atoms with Crippen molar-refractivity contribution in [2.45, 2.75) is 20.0 Å². The van der Waals surface area contributed by atoms with Gasteiger partial charge >= 0.3 is 12.0 Å². The van der Waals surface area contributed by atoms with Gasteiger partial charge < -0.3 is 10.1 Å². The van der Waals surface area contributed by atoms with Crippen molar-refractivity contribution in [3.63, 3.8) is 0 Å². The summed E-state index contributed by atoms with van der Waals surface area (Å²) in [5, 5.41) is 5.51. The van der Waals surface area contributed by atoms with E-state index in [0.717, 1.165) is 0 Å². The lowest BCUT2D eigenvalue weighted by atomic mass is 10.1. The number of imide groups is 1. The molecule has 1 aromatic carbocycles. The highest BCUT2D eigenvalue weighted by molar-refractivity contribution is 6.32. The quantitative estimate of drug-likeness (QED) is 0.825. The second-order valence-corrected chi connectivity index (χ2v) is 5.36. The molecule has 0 saturated heterocycles. The van der Waals surface area contributed by atoms with Crippen molar-refractivity contribution in [1.82, 2.24) is 15.6 Å². The molecule has 0 radical (unpaired) electrons. The second kappa shape index (κ2) is 7.74. The zero-order chi connectivity index (χ0) is 17.7. The number of carbonyl (C=O) groups is 3. The lowest BCUT2D eigenvalue weighted by Gasteiger charge is -2.14. The van der Waals surface area contributed by atoms with E-state index >= 15 is 0 Å². The minimum atomic E-state index is -1.15. The SMILES string of the molecule is CCNC(=O)NC(=O)[C@H](C)OC(=O)c1cc(Cl)cc2cccnc12. The molecule has 24 heavy (non-hydrogen) atoms. The van der Waals surface area contributed by atoms with Gasteiger partial charge in [0.15, 0.2) is 6.10 Å². The predicted molar refractivity (Wildman–Crippen MR) is 88.8 cm³/mol. The second-order valence-electron chi connectivity index (χ2n) is 4.92. The first-order valence-corrected chi connectivity index (χ1v) is 7.64. The number of ether oxygens (including phenoxy) is 1. The number of nitrogens with zero attached hydrogens (tertiary/aromatic N) is 1. The third-order valence-electron chi connectivity index (χ3n) is 3.12. The van der Waals surface area contributed by atoms with Crippen LogP contribution in [-0.4, -0.2) is 35.5 Å². The number of aromatic nitrogens is 1. The van der Waals surface area contributed by atoms with Crippen LogP contribution < -0.4 is 10.6 Å². The first-order valence-electron chi connectivity index (χ1n) is 7.26. The summed E-state index contributed by atoms with van der Waals surface area (Å²) in [5.41, 5.74) is 0.569. The van der Waals surface area contributed by atoms with Gasteiger partial charge in [-0.15, -0.1) is 0 Å². The summed E-state index contributed by atoms with van der Waals surface area (Å²) in [4.78, 5) is 39.6. The topological polar surface area (TPSA) is 97.4 Å². The fourth-order valence-electron chi connectivity index (χ4n) is 2.01. The molecule has 1 aromatic heterocycles. The Morgan fingerprint density at radius 3 is 2.79 bits per heavy atom. The van der Waals surface area contributed by atoms with Crippen molar-refractivity contribution in [3.05, 3.63) is 41.0 Å². The first-order chi connectivity index (χ1) is 11.4. The fourth-order valence-corrected chi connectivity index (χ4v) is 2.23. The molecular formula is C16H16ClN3O4. The molecule has 2 rings (SSSR count). The summed E-state index contributed by atoms with van der Waals surface area (Å²) in [6.07, 6.45) is 0.385. The van der Waals surface area contributed by atoms with Crippen LogP contribution in [0, 0.1) is 0 Å². The lowest BCUT2D eigenvalue weighted by Crippen LogP contribution is -2.44. The summed E-state index contributed by atoms with van der Waals surface area (Å²) in [7, 11) is 0. The standard InChI is InChI=1S/C16H16ClN3O4/c1-3-18-16(23)20-14(21)9(2)24-15(22)12-8-11(17)7-10-5-4-6-19-13(10)12/h4-9H,3H2,1-2H3,(H2,18,20,21,23)/t9-/m0/s1. The summed E-state index contributed by atoms with van der Waals surface area (Å²) >= 11 is 6.00. The van der Waals surface area contributed by atoms with Gasteiger partial charge in [0.1, 0.15) is 0 Å². The number of rotatable bonds is 4. The van der Waals surface area contributed by atoms with Crippen molar-refractivity contribution >= 4 is 40.4 Å². The van der Waals surface area contributed by atoms with Crippen LogP contribution in [0.5, 0.6) is 0 Å². The van der Waals surface area contributed by atoms with E-state index in [1.54, 1.807) is 25.1 Å². The van der Waals surface area contributed by atoms with Gasteiger partial charge in [-0.2, -0.15) is 0 Å². The van der Waals surface area contributed by atoms with Crippen LogP contribution in [-0.2, 0) is 9.53 Å². The van der Waals surface area contributed by atoms with Crippen molar-refractivity contribution in [3.8, 4) is 0 Å². The van der Waals surface area contributed by atoms with E-state index in [0.29, 0.717) is 22.5 Å². The highest BCUT2D eigenvalue weighted by Crippen LogP contribution is 2.23. The van der Waals surface area contributed by atoms with Gasteiger partial charge in [-0.05, 0) is 32.0 Å².